The molecule has 0 spiro atoms. The lowest BCUT2D eigenvalue weighted by molar-refractivity contribution is -0.136. The van der Waals surface area contributed by atoms with Crippen LogP contribution in [-0.2, 0) is 20.8 Å². The van der Waals surface area contributed by atoms with Crippen molar-refractivity contribution in [3.63, 3.8) is 0 Å². The van der Waals surface area contributed by atoms with Crippen molar-refractivity contribution in [1.82, 2.24) is 5.43 Å². The van der Waals surface area contributed by atoms with E-state index in [2.05, 4.69) is 21.2 Å². The molecule has 0 aliphatic rings. The number of amides is 3. The molecule has 3 amide bonds. The minimum Gasteiger partial charge on any atom is -0.484 e. The molecule has 0 saturated heterocycles. The van der Waals surface area contributed by atoms with Crippen molar-refractivity contribution in [1.29, 1.82) is 0 Å². The van der Waals surface area contributed by atoms with Gasteiger partial charge in [-0.15, -0.1) is 0 Å². The Kier molecular flexibility index (Phi) is 8.76. The summed E-state index contributed by atoms with van der Waals surface area (Å²) < 4.78 is 5.50. The van der Waals surface area contributed by atoms with Gasteiger partial charge in [-0.3, -0.25) is 14.4 Å². The molecule has 3 N–H and O–H groups in total. The number of hydrazone groups is 1. The smallest absolute Gasteiger partial charge is 0.329 e. The first kappa shape index (κ1) is 24.5. The average molecular weight is 479 g/mol. The van der Waals surface area contributed by atoms with Gasteiger partial charge in [-0.25, -0.2) is 5.43 Å². The summed E-state index contributed by atoms with van der Waals surface area (Å²) in [5.41, 5.74) is 5.04. The quantitative estimate of drug-likeness (QED) is 0.258. The lowest BCUT2D eigenvalue weighted by Gasteiger charge is -2.08. The number of nitrogens with zero attached hydrogens (tertiary/aromatic N) is 1. The third-order valence-corrected chi connectivity index (χ3v) is 4.81. The molecule has 0 unspecified atom stereocenters. The highest BCUT2D eigenvalue weighted by Crippen LogP contribution is 2.15. The van der Waals surface area contributed by atoms with Crippen LogP contribution in [0, 0.1) is 0 Å². The van der Waals surface area contributed by atoms with Gasteiger partial charge in [0.1, 0.15) is 5.75 Å². The Hall–Kier alpha value is -4.17. The molecule has 174 valence electrons. The second kappa shape index (κ2) is 12.2. The van der Waals surface area contributed by atoms with E-state index >= 15 is 0 Å². The summed E-state index contributed by atoms with van der Waals surface area (Å²) in [7, 11) is 0. The Bertz CT molecular complexity index is 1180. The summed E-state index contributed by atoms with van der Waals surface area (Å²) in [5.74, 6) is -1.62. The molecule has 34 heavy (non-hydrogen) atoms. The van der Waals surface area contributed by atoms with E-state index in [1.54, 1.807) is 60.7 Å². The maximum Gasteiger partial charge on any atom is 0.329 e. The summed E-state index contributed by atoms with van der Waals surface area (Å²) in [4.78, 5) is 36.0. The van der Waals surface area contributed by atoms with Crippen LogP contribution in [0.15, 0.2) is 77.9 Å². The predicted octanol–water partition coefficient (Wildman–Crippen LogP) is 4.01. The number of carbonyl (C=O) groups excluding carboxylic acids is 3. The van der Waals surface area contributed by atoms with Gasteiger partial charge in [-0.05, 0) is 66.1 Å². The average Bonchev–Trinajstić information content (AvgIpc) is 2.85. The van der Waals surface area contributed by atoms with E-state index in [0.29, 0.717) is 27.7 Å². The molecule has 0 aliphatic carbocycles. The van der Waals surface area contributed by atoms with Gasteiger partial charge in [-0.2, -0.15) is 5.10 Å². The number of halogens is 1. The van der Waals surface area contributed by atoms with Crippen LogP contribution in [0.25, 0.3) is 0 Å². The fourth-order valence-electron chi connectivity index (χ4n) is 2.79. The molecule has 0 saturated carbocycles. The highest BCUT2D eigenvalue weighted by atomic mass is 35.5. The van der Waals surface area contributed by atoms with Gasteiger partial charge >= 0.3 is 11.8 Å². The van der Waals surface area contributed by atoms with Gasteiger partial charge in [-0.1, -0.05) is 42.8 Å². The molecule has 0 atom stereocenters. The maximum absolute atomic E-state index is 12.0. The van der Waals surface area contributed by atoms with Crippen molar-refractivity contribution in [3.05, 3.63) is 88.9 Å². The normalized spacial score (nSPS) is 10.5. The van der Waals surface area contributed by atoms with Gasteiger partial charge in [0.2, 0.25) is 0 Å². The van der Waals surface area contributed by atoms with Crippen molar-refractivity contribution >= 4 is 46.9 Å². The zero-order chi connectivity index (χ0) is 24.3. The Labute approximate surface area is 202 Å². The van der Waals surface area contributed by atoms with Gasteiger partial charge in [0.15, 0.2) is 6.61 Å². The third kappa shape index (κ3) is 7.75. The molecular weight excluding hydrogens is 456 g/mol. The summed E-state index contributed by atoms with van der Waals surface area (Å²) in [6.07, 6.45) is 2.24. The van der Waals surface area contributed by atoms with E-state index < -0.39 is 11.8 Å². The lowest BCUT2D eigenvalue weighted by Crippen LogP contribution is -2.32. The Balaban J connectivity index is 1.46. The van der Waals surface area contributed by atoms with Gasteiger partial charge < -0.3 is 15.4 Å². The number of hydrogen-bond acceptors (Lipinski definition) is 5. The predicted molar refractivity (Wildman–Crippen MR) is 132 cm³/mol. The van der Waals surface area contributed by atoms with Crippen LogP contribution in [0.3, 0.4) is 0 Å². The van der Waals surface area contributed by atoms with Gasteiger partial charge in [0.25, 0.3) is 5.91 Å². The molecule has 8 nitrogen and oxygen atoms in total. The highest BCUT2D eigenvalue weighted by molar-refractivity contribution is 6.39. The van der Waals surface area contributed by atoms with Crippen molar-refractivity contribution in [3.8, 4) is 5.75 Å². The fourth-order valence-corrected chi connectivity index (χ4v) is 2.92. The molecule has 0 fully saturated rings. The summed E-state index contributed by atoms with van der Waals surface area (Å²) >= 11 is 5.82. The minimum atomic E-state index is -0.901. The van der Waals surface area contributed by atoms with Crippen LogP contribution in [0.2, 0.25) is 5.02 Å². The van der Waals surface area contributed by atoms with E-state index in [1.165, 1.54) is 6.21 Å². The number of ether oxygens (including phenoxy) is 1. The van der Waals surface area contributed by atoms with E-state index in [0.717, 1.165) is 12.0 Å². The largest absolute Gasteiger partial charge is 0.484 e. The molecule has 3 rings (SSSR count). The Morgan fingerprint density at radius 1 is 0.912 bits per heavy atom. The van der Waals surface area contributed by atoms with Gasteiger partial charge in [0.05, 0.1) is 6.21 Å². The summed E-state index contributed by atoms with van der Waals surface area (Å²) in [5, 5.41) is 9.58. The van der Waals surface area contributed by atoms with Crippen molar-refractivity contribution in [2.45, 2.75) is 13.3 Å². The van der Waals surface area contributed by atoms with Crippen LogP contribution < -0.4 is 20.8 Å². The first-order valence-electron chi connectivity index (χ1n) is 10.4. The number of nitrogens with one attached hydrogen (secondary N) is 3. The molecule has 0 radical (unpaired) electrons. The van der Waals surface area contributed by atoms with Crippen molar-refractivity contribution < 1.29 is 19.1 Å². The number of rotatable bonds is 8. The van der Waals surface area contributed by atoms with E-state index in [9.17, 15) is 14.4 Å². The molecule has 0 bridgehead atoms. The Morgan fingerprint density at radius 3 is 2.29 bits per heavy atom. The standard InChI is InChI=1S/C25H23ClN4O4/c1-2-17-6-10-21(11-7-17)29-24(32)25(33)30-27-15-18-4-3-5-22(14-18)34-16-23(31)28-20-12-8-19(26)9-13-20/h3-15H,2,16H2,1H3,(H,28,31)(H,29,32)(H,30,33)/b27-15-. The molecule has 0 aliphatic heterocycles. The second-order valence-electron chi connectivity index (χ2n) is 7.12. The SMILES string of the molecule is CCc1ccc(NC(=O)C(=O)N/N=C\c2cccc(OCC(=O)Nc3ccc(Cl)cc3)c2)cc1. The van der Waals surface area contributed by atoms with E-state index in [-0.39, 0.29) is 12.5 Å². The van der Waals surface area contributed by atoms with Crippen LogP contribution in [0.4, 0.5) is 11.4 Å². The molecule has 0 heterocycles. The maximum atomic E-state index is 12.0. The van der Waals surface area contributed by atoms with Crippen LogP contribution in [-0.4, -0.2) is 30.5 Å². The first-order valence-corrected chi connectivity index (χ1v) is 10.8. The van der Waals surface area contributed by atoms with Crippen LogP contribution in [0.5, 0.6) is 5.75 Å². The number of benzene rings is 3. The summed E-state index contributed by atoms with van der Waals surface area (Å²) in [6.45, 7) is 1.83. The number of carbonyl (C=O) groups is 3. The zero-order valence-corrected chi connectivity index (χ0v) is 19.1. The molecule has 3 aromatic rings. The van der Waals surface area contributed by atoms with Crippen LogP contribution in [0.1, 0.15) is 18.1 Å². The fraction of sp³-hybridized carbons (Fsp3) is 0.120. The molecule has 0 aromatic heterocycles. The second-order valence-corrected chi connectivity index (χ2v) is 7.56. The third-order valence-electron chi connectivity index (χ3n) is 4.56. The van der Waals surface area contributed by atoms with Crippen molar-refractivity contribution in [2.24, 2.45) is 5.10 Å². The van der Waals surface area contributed by atoms with E-state index in [1.807, 2.05) is 19.1 Å². The monoisotopic (exact) mass is 478 g/mol. The number of hydrogen-bond donors (Lipinski definition) is 3. The zero-order valence-electron chi connectivity index (χ0n) is 18.4. The lowest BCUT2D eigenvalue weighted by atomic mass is 10.1. The van der Waals surface area contributed by atoms with Gasteiger partial charge in [0, 0.05) is 16.4 Å². The molecule has 3 aromatic carbocycles. The molecular formula is C25H23ClN4O4. The minimum absolute atomic E-state index is 0.195. The number of aryl methyl sites for hydroxylation is 1. The first-order chi connectivity index (χ1) is 16.4. The topological polar surface area (TPSA) is 109 Å². The van der Waals surface area contributed by atoms with E-state index in [4.69, 9.17) is 16.3 Å². The van der Waals surface area contributed by atoms with Crippen LogP contribution >= 0.6 is 11.6 Å². The Morgan fingerprint density at radius 2 is 1.59 bits per heavy atom. The summed E-state index contributed by atoms with van der Waals surface area (Å²) in [6, 6.07) is 20.7. The van der Waals surface area contributed by atoms with Crippen molar-refractivity contribution in [2.75, 3.05) is 17.2 Å². The molecule has 9 heteroatoms. The highest BCUT2D eigenvalue weighted by Gasteiger charge is 2.12. The number of anilines is 2.